The molecule has 2 saturated carbocycles. The highest BCUT2D eigenvalue weighted by atomic mass is 16.1. The largest absolute Gasteiger partial charge is 0.403 e. The maximum absolute atomic E-state index is 12.0. The van der Waals surface area contributed by atoms with E-state index in [0.717, 1.165) is 25.3 Å². The van der Waals surface area contributed by atoms with Gasteiger partial charge in [0, 0.05) is 36.1 Å². The van der Waals surface area contributed by atoms with Crippen molar-refractivity contribution in [3.05, 3.63) is 35.8 Å². The molecule has 5 unspecified atom stereocenters. The van der Waals surface area contributed by atoms with Crippen molar-refractivity contribution in [1.29, 1.82) is 0 Å². The lowest BCUT2D eigenvalue weighted by Gasteiger charge is -2.56. The number of hydrogen-bond acceptors (Lipinski definition) is 3. The average Bonchev–Trinajstić information content (AvgIpc) is 2.99. The molecule has 0 spiro atoms. The number of nitrogens with one attached hydrogen (secondary N) is 2. The summed E-state index contributed by atoms with van der Waals surface area (Å²) in [7, 11) is 0. The summed E-state index contributed by atoms with van der Waals surface area (Å²) in [5.41, 5.74) is 8.74. The van der Waals surface area contributed by atoms with Gasteiger partial charge in [-0.05, 0) is 61.7 Å². The van der Waals surface area contributed by atoms with Crippen LogP contribution in [0, 0.1) is 28.6 Å². The van der Waals surface area contributed by atoms with Gasteiger partial charge in [0.25, 0.3) is 0 Å². The molecule has 4 rings (SSSR count). The number of allylic oxidation sites excluding steroid dienone is 3. The molecule has 1 aliphatic heterocycles. The quantitative estimate of drug-likeness (QED) is 0.593. The molecule has 4 N–H and O–H groups in total. The van der Waals surface area contributed by atoms with Crippen molar-refractivity contribution in [2.75, 3.05) is 6.54 Å². The molecule has 0 aromatic rings. The molecule has 0 radical (unpaired) electrons. The second kappa shape index (κ2) is 9.86. The number of amides is 1. The van der Waals surface area contributed by atoms with E-state index in [2.05, 4.69) is 30.6 Å². The summed E-state index contributed by atoms with van der Waals surface area (Å²) in [6.07, 6.45) is 14.8. The number of nitrogens with two attached hydrogens (primary N) is 1. The summed E-state index contributed by atoms with van der Waals surface area (Å²) in [5.74, 6) is 2.29. The first kappa shape index (κ1) is 23.6. The molecule has 0 saturated heterocycles. The first-order valence-electron chi connectivity index (χ1n) is 11.8. The van der Waals surface area contributed by atoms with E-state index in [1.807, 2.05) is 40.0 Å². The zero-order valence-corrected chi connectivity index (χ0v) is 19.5. The third-order valence-electron chi connectivity index (χ3n) is 7.90. The summed E-state index contributed by atoms with van der Waals surface area (Å²) >= 11 is 0. The van der Waals surface area contributed by atoms with E-state index in [1.165, 1.54) is 37.0 Å². The number of carbonyl (C=O) groups excluding carboxylic acids is 1. The molecule has 29 heavy (non-hydrogen) atoms. The third-order valence-corrected chi connectivity index (χ3v) is 7.90. The number of carbonyl (C=O) groups is 1. The fourth-order valence-corrected chi connectivity index (χ4v) is 6.49. The van der Waals surface area contributed by atoms with Gasteiger partial charge in [-0.3, -0.25) is 4.79 Å². The van der Waals surface area contributed by atoms with Crippen LogP contribution in [0.25, 0.3) is 0 Å². The highest BCUT2D eigenvalue weighted by Gasteiger charge is 2.56. The van der Waals surface area contributed by atoms with Gasteiger partial charge < -0.3 is 16.4 Å². The van der Waals surface area contributed by atoms with Crippen LogP contribution in [0.2, 0.25) is 0 Å². The summed E-state index contributed by atoms with van der Waals surface area (Å²) in [4.78, 5) is 12.0. The van der Waals surface area contributed by atoms with Crippen molar-refractivity contribution in [1.82, 2.24) is 10.6 Å². The Hall–Kier alpha value is -1.71. The van der Waals surface area contributed by atoms with Crippen LogP contribution in [0.3, 0.4) is 0 Å². The predicted octanol–water partition coefficient (Wildman–Crippen LogP) is 5.24. The highest BCUT2D eigenvalue weighted by Crippen LogP contribution is 2.64. The van der Waals surface area contributed by atoms with Crippen LogP contribution in [0.4, 0.5) is 0 Å². The van der Waals surface area contributed by atoms with Crippen LogP contribution in [0.15, 0.2) is 35.8 Å². The Bertz CT molecular complexity index is 665. The van der Waals surface area contributed by atoms with Gasteiger partial charge in [-0.15, -0.1) is 0 Å². The van der Waals surface area contributed by atoms with Gasteiger partial charge in [-0.25, -0.2) is 0 Å². The second-order valence-electron chi connectivity index (χ2n) is 8.86. The maximum atomic E-state index is 12.0. The molecule has 0 aromatic heterocycles. The topological polar surface area (TPSA) is 67.2 Å². The lowest BCUT2D eigenvalue weighted by molar-refractivity contribution is -0.116. The van der Waals surface area contributed by atoms with E-state index in [1.54, 1.807) is 6.20 Å². The van der Waals surface area contributed by atoms with Crippen molar-refractivity contribution < 1.29 is 4.79 Å². The fraction of sp³-hybridized carbons (Fsp3) is 0.720. The van der Waals surface area contributed by atoms with Crippen LogP contribution in [0.5, 0.6) is 0 Å². The Morgan fingerprint density at radius 2 is 1.83 bits per heavy atom. The monoisotopic (exact) mass is 401 g/mol. The van der Waals surface area contributed by atoms with Gasteiger partial charge in [-0.1, -0.05) is 53.2 Å². The second-order valence-corrected chi connectivity index (χ2v) is 8.86. The third kappa shape index (κ3) is 4.13. The van der Waals surface area contributed by atoms with Crippen LogP contribution >= 0.6 is 0 Å². The molecule has 3 aliphatic carbocycles. The van der Waals surface area contributed by atoms with E-state index in [-0.39, 0.29) is 16.7 Å². The first-order chi connectivity index (χ1) is 14.0. The van der Waals surface area contributed by atoms with Crippen LogP contribution in [-0.4, -0.2) is 12.5 Å². The Kier molecular flexibility index (Phi) is 8.02. The number of rotatable bonds is 2. The summed E-state index contributed by atoms with van der Waals surface area (Å²) in [6, 6.07) is 0. The van der Waals surface area contributed by atoms with Crippen LogP contribution in [0.1, 0.15) is 80.1 Å². The van der Waals surface area contributed by atoms with Gasteiger partial charge in [0.15, 0.2) is 0 Å². The molecule has 0 aromatic carbocycles. The van der Waals surface area contributed by atoms with E-state index in [9.17, 15) is 4.79 Å². The zero-order chi connectivity index (χ0) is 21.7. The van der Waals surface area contributed by atoms with E-state index in [0.29, 0.717) is 11.8 Å². The SMILES string of the molecule is CC.CC.CC12CCNC(=O)C=C1CCC1C2CCC2(C)C(N/C=C\N)=CCC12. The molecular formula is C25H43N3O. The standard InChI is InChI=1S/C21H31N3O.2C2H6/c1-20-9-11-24-19(25)13-14(20)3-4-15-16-5-6-18(23-12-10-22)21(16,2)8-7-17(15)20;2*1-2/h6,10,12-13,15-17,23H,3-5,7-9,11,22H2,1-2H3,(H,24,25);2*1-2H3/b12-10-;;. The zero-order valence-electron chi connectivity index (χ0n) is 19.5. The van der Waals surface area contributed by atoms with Gasteiger partial charge >= 0.3 is 0 Å². The molecule has 4 nitrogen and oxygen atoms in total. The average molecular weight is 402 g/mol. The normalized spacial score (nSPS) is 37.7. The minimum atomic E-state index is 0.111. The summed E-state index contributed by atoms with van der Waals surface area (Å²) in [5, 5.41) is 6.49. The summed E-state index contributed by atoms with van der Waals surface area (Å²) in [6.45, 7) is 13.7. The lowest BCUT2D eigenvalue weighted by atomic mass is 9.48. The van der Waals surface area contributed by atoms with E-state index < -0.39 is 0 Å². The fourth-order valence-electron chi connectivity index (χ4n) is 6.49. The molecule has 0 bridgehead atoms. The van der Waals surface area contributed by atoms with Crippen LogP contribution in [-0.2, 0) is 4.79 Å². The van der Waals surface area contributed by atoms with Crippen molar-refractivity contribution in [3.8, 4) is 0 Å². The Labute approximate surface area is 178 Å². The van der Waals surface area contributed by atoms with E-state index in [4.69, 9.17) is 5.73 Å². The van der Waals surface area contributed by atoms with Gasteiger partial charge in [-0.2, -0.15) is 0 Å². The Morgan fingerprint density at radius 1 is 1.10 bits per heavy atom. The van der Waals surface area contributed by atoms with Gasteiger partial charge in [0.1, 0.15) is 0 Å². The first-order valence-corrected chi connectivity index (χ1v) is 11.8. The van der Waals surface area contributed by atoms with Crippen LogP contribution < -0.4 is 16.4 Å². The molecule has 164 valence electrons. The van der Waals surface area contributed by atoms with Gasteiger partial charge in [0.2, 0.25) is 5.91 Å². The highest BCUT2D eigenvalue weighted by molar-refractivity contribution is 5.88. The number of fused-ring (bicyclic) bond motifs is 5. The minimum Gasteiger partial charge on any atom is -0.403 e. The Morgan fingerprint density at radius 3 is 2.52 bits per heavy atom. The molecule has 2 fully saturated rings. The van der Waals surface area contributed by atoms with Crippen molar-refractivity contribution in [2.24, 2.45) is 34.3 Å². The van der Waals surface area contributed by atoms with Crippen molar-refractivity contribution >= 4 is 5.91 Å². The molecule has 1 heterocycles. The number of hydrogen-bond donors (Lipinski definition) is 3. The molecule has 4 aliphatic rings. The predicted molar refractivity (Wildman–Crippen MR) is 123 cm³/mol. The van der Waals surface area contributed by atoms with E-state index >= 15 is 0 Å². The Balaban J connectivity index is 0.000000707. The van der Waals surface area contributed by atoms with Crippen molar-refractivity contribution in [3.63, 3.8) is 0 Å². The minimum absolute atomic E-state index is 0.111. The molecular weight excluding hydrogens is 358 g/mol. The van der Waals surface area contributed by atoms with Crippen molar-refractivity contribution in [2.45, 2.75) is 80.1 Å². The van der Waals surface area contributed by atoms with Gasteiger partial charge in [0.05, 0.1) is 0 Å². The molecule has 4 heteroatoms. The summed E-state index contributed by atoms with van der Waals surface area (Å²) < 4.78 is 0. The molecule has 5 atom stereocenters. The molecule has 1 amide bonds. The smallest absolute Gasteiger partial charge is 0.243 e. The maximum Gasteiger partial charge on any atom is 0.243 e. The lowest BCUT2D eigenvalue weighted by Crippen LogP contribution is -2.50.